The molecule has 1 aromatic heterocycles. The number of pyridine rings is 1. The molecule has 2 aromatic rings. The van der Waals surface area contributed by atoms with E-state index in [1.807, 2.05) is 6.07 Å². The van der Waals surface area contributed by atoms with Crippen molar-refractivity contribution in [2.24, 2.45) is 0 Å². The van der Waals surface area contributed by atoms with E-state index in [4.69, 9.17) is 16.3 Å². The Morgan fingerprint density at radius 2 is 2.20 bits per heavy atom. The smallest absolute Gasteiger partial charge is 0.356 e. The molecule has 132 valence electrons. The van der Waals surface area contributed by atoms with Crippen LogP contribution in [-0.2, 0) is 10.2 Å². The van der Waals surface area contributed by atoms with Crippen LogP contribution in [0.5, 0.6) is 0 Å². The number of carbonyl (C=O) groups excluding carboxylic acids is 1. The van der Waals surface area contributed by atoms with Gasteiger partial charge in [0.2, 0.25) is 0 Å². The Morgan fingerprint density at radius 3 is 2.84 bits per heavy atom. The van der Waals surface area contributed by atoms with Gasteiger partial charge in [-0.1, -0.05) is 31.5 Å². The fraction of sp³-hybridized carbons (Fsp3) is 0.368. The molecule has 0 spiro atoms. The zero-order valence-corrected chi connectivity index (χ0v) is 15.2. The Kier molecular flexibility index (Phi) is 4.69. The third-order valence-electron chi connectivity index (χ3n) is 4.97. The van der Waals surface area contributed by atoms with Gasteiger partial charge in [-0.05, 0) is 42.7 Å². The van der Waals surface area contributed by atoms with E-state index in [0.717, 1.165) is 29.8 Å². The molecule has 1 aromatic carbocycles. The highest BCUT2D eigenvalue weighted by atomic mass is 35.5. The average molecular weight is 363 g/mol. The zero-order valence-electron chi connectivity index (χ0n) is 14.4. The third kappa shape index (κ3) is 3.21. The lowest BCUT2D eigenvalue weighted by Gasteiger charge is -2.40. The highest BCUT2D eigenvalue weighted by Crippen LogP contribution is 2.45. The number of halogens is 2. The lowest BCUT2D eigenvalue weighted by Crippen LogP contribution is -2.34. The molecule has 3 rings (SSSR count). The maximum atomic E-state index is 13.5. The summed E-state index contributed by atoms with van der Waals surface area (Å²) in [5.74, 6) is -0.877. The Morgan fingerprint density at radius 1 is 1.44 bits per heavy atom. The molecule has 2 atom stereocenters. The van der Waals surface area contributed by atoms with Gasteiger partial charge < -0.3 is 10.1 Å². The van der Waals surface area contributed by atoms with Crippen molar-refractivity contribution in [3.63, 3.8) is 0 Å². The molecule has 1 N–H and O–H groups in total. The van der Waals surface area contributed by atoms with Crippen LogP contribution in [0.2, 0.25) is 5.02 Å². The normalized spacial score (nSPS) is 22.0. The number of nitrogens with one attached hydrogen (secondary N) is 1. The van der Waals surface area contributed by atoms with Gasteiger partial charge in [-0.3, -0.25) is 0 Å². The average Bonchev–Trinajstić information content (AvgIpc) is 2.63. The summed E-state index contributed by atoms with van der Waals surface area (Å²) in [5.41, 5.74) is 2.71. The maximum Gasteiger partial charge on any atom is 0.356 e. The first-order valence-electron chi connectivity index (χ1n) is 8.19. The molecule has 0 aliphatic carbocycles. The molecular weight excluding hydrogens is 343 g/mol. The molecule has 0 bridgehead atoms. The van der Waals surface area contributed by atoms with E-state index in [1.165, 1.54) is 13.2 Å². The van der Waals surface area contributed by atoms with Crippen LogP contribution < -0.4 is 5.32 Å². The number of hydrogen-bond acceptors (Lipinski definition) is 4. The lowest BCUT2D eigenvalue weighted by atomic mass is 9.73. The Balaban J connectivity index is 2.02. The van der Waals surface area contributed by atoms with Gasteiger partial charge in [-0.25, -0.2) is 14.2 Å². The largest absolute Gasteiger partial charge is 0.464 e. The minimum absolute atomic E-state index is 0.0127. The summed E-state index contributed by atoms with van der Waals surface area (Å²) in [6.45, 7) is 4.22. The molecular formula is C19H20ClFN2O2. The van der Waals surface area contributed by atoms with Crippen molar-refractivity contribution >= 4 is 23.3 Å². The van der Waals surface area contributed by atoms with Crippen LogP contribution in [0.25, 0.3) is 0 Å². The molecule has 4 nitrogen and oxygen atoms in total. The highest BCUT2D eigenvalue weighted by molar-refractivity contribution is 6.30. The molecule has 2 unspecified atom stereocenters. The van der Waals surface area contributed by atoms with E-state index in [9.17, 15) is 9.18 Å². The fourth-order valence-corrected chi connectivity index (χ4v) is 3.47. The Hall–Kier alpha value is -2.14. The first-order valence-corrected chi connectivity index (χ1v) is 8.57. The molecule has 0 radical (unpaired) electrons. The SMILES string of the molecule is CCC1(C)CC(c2ccc(F)c(Cl)c2)Nc2ccc(C(=O)OC)nc21. The van der Waals surface area contributed by atoms with Crippen LogP contribution in [-0.4, -0.2) is 18.1 Å². The molecule has 1 aliphatic rings. The monoisotopic (exact) mass is 362 g/mol. The van der Waals surface area contributed by atoms with Crippen molar-refractivity contribution in [1.82, 2.24) is 4.98 Å². The number of benzene rings is 1. The van der Waals surface area contributed by atoms with Gasteiger partial charge in [0, 0.05) is 5.41 Å². The van der Waals surface area contributed by atoms with Crippen LogP contribution >= 0.6 is 11.6 Å². The number of fused-ring (bicyclic) bond motifs is 1. The van der Waals surface area contributed by atoms with Gasteiger partial charge in [0.05, 0.1) is 29.6 Å². The van der Waals surface area contributed by atoms with Crippen molar-refractivity contribution in [1.29, 1.82) is 0 Å². The number of carbonyl (C=O) groups is 1. The van der Waals surface area contributed by atoms with Gasteiger partial charge in [-0.2, -0.15) is 0 Å². The van der Waals surface area contributed by atoms with E-state index >= 15 is 0 Å². The van der Waals surface area contributed by atoms with Gasteiger partial charge in [0.25, 0.3) is 0 Å². The quantitative estimate of drug-likeness (QED) is 0.790. The number of anilines is 1. The van der Waals surface area contributed by atoms with E-state index in [0.29, 0.717) is 5.69 Å². The predicted octanol–water partition coefficient (Wildman–Crippen LogP) is 4.89. The molecule has 6 heteroatoms. The molecule has 0 saturated heterocycles. The zero-order chi connectivity index (χ0) is 18.2. The molecule has 25 heavy (non-hydrogen) atoms. The molecule has 0 amide bonds. The summed E-state index contributed by atoms with van der Waals surface area (Å²) in [7, 11) is 1.34. The minimum Gasteiger partial charge on any atom is -0.464 e. The van der Waals surface area contributed by atoms with Crippen LogP contribution in [0, 0.1) is 5.82 Å². The summed E-state index contributed by atoms with van der Waals surface area (Å²) >= 11 is 5.94. The summed E-state index contributed by atoms with van der Waals surface area (Å²) in [4.78, 5) is 16.3. The van der Waals surface area contributed by atoms with E-state index in [1.54, 1.807) is 18.2 Å². The fourth-order valence-electron chi connectivity index (χ4n) is 3.28. The predicted molar refractivity (Wildman–Crippen MR) is 95.6 cm³/mol. The summed E-state index contributed by atoms with van der Waals surface area (Å²) in [6.07, 6.45) is 1.61. The van der Waals surface area contributed by atoms with Crippen LogP contribution in [0.4, 0.5) is 10.1 Å². The van der Waals surface area contributed by atoms with E-state index < -0.39 is 11.8 Å². The molecule has 2 heterocycles. The van der Waals surface area contributed by atoms with Gasteiger partial charge >= 0.3 is 5.97 Å². The van der Waals surface area contributed by atoms with Crippen LogP contribution in [0.3, 0.4) is 0 Å². The number of nitrogens with zero attached hydrogens (tertiary/aromatic N) is 1. The minimum atomic E-state index is -0.450. The number of methoxy groups -OCH3 is 1. The van der Waals surface area contributed by atoms with Crippen molar-refractivity contribution in [2.45, 2.75) is 38.1 Å². The van der Waals surface area contributed by atoms with E-state index in [2.05, 4.69) is 24.1 Å². The number of aromatic nitrogens is 1. The first kappa shape index (κ1) is 17.7. The van der Waals surface area contributed by atoms with Gasteiger partial charge in [0.1, 0.15) is 11.5 Å². The van der Waals surface area contributed by atoms with Crippen molar-refractivity contribution in [2.75, 3.05) is 12.4 Å². The van der Waals surface area contributed by atoms with Crippen LogP contribution in [0.1, 0.15) is 54.5 Å². The molecule has 0 fully saturated rings. The number of esters is 1. The van der Waals surface area contributed by atoms with E-state index in [-0.39, 0.29) is 16.5 Å². The number of ether oxygens (including phenoxy) is 1. The lowest BCUT2D eigenvalue weighted by molar-refractivity contribution is 0.0593. The Labute approximate surface area is 151 Å². The maximum absolute atomic E-state index is 13.5. The Bertz CT molecular complexity index is 827. The van der Waals surface area contributed by atoms with Crippen molar-refractivity contribution in [3.8, 4) is 0 Å². The topological polar surface area (TPSA) is 51.2 Å². The molecule has 1 aliphatic heterocycles. The van der Waals surface area contributed by atoms with Crippen molar-refractivity contribution < 1.29 is 13.9 Å². The van der Waals surface area contributed by atoms with Gasteiger partial charge in [-0.15, -0.1) is 0 Å². The van der Waals surface area contributed by atoms with Gasteiger partial charge in [0.15, 0.2) is 0 Å². The second kappa shape index (κ2) is 6.64. The summed E-state index contributed by atoms with van der Waals surface area (Å²) in [5, 5.41) is 3.55. The second-order valence-corrected chi connectivity index (χ2v) is 6.98. The summed E-state index contributed by atoms with van der Waals surface area (Å²) < 4.78 is 18.2. The number of hydrogen-bond donors (Lipinski definition) is 1. The third-order valence-corrected chi connectivity index (χ3v) is 5.26. The van der Waals surface area contributed by atoms with Crippen LogP contribution in [0.15, 0.2) is 30.3 Å². The standard InChI is InChI=1S/C19H20ClFN2O2/c1-4-19(2)10-16(11-5-6-13(21)12(20)9-11)22-14-7-8-15(18(24)25-3)23-17(14)19/h5-9,16,22H,4,10H2,1-3H3. The molecule has 0 saturated carbocycles. The second-order valence-electron chi connectivity index (χ2n) is 6.57. The first-order chi connectivity index (χ1) is 11.9. The highest BCUT2D eigenvalue weighted by Gasteiger charge is 2.38. The van der Waals surface area contributed by atoms with Crippen molar-refractivity contribution in [3.05, 3.63) is 58.1 Å². The number of rotatable bonds is 3. The summed E-state index contributed by atoms with van der Waals surface area (Å²) in [6, 6.07) is 8.27.